The van der Waals surface area contributed by atoms with E-state index in [1.54, 1.807) is 12.2 Å². The third-order valence-electron chi connectivity index (χ3n) is 4.54. The van der Waals surface area contributed by atoms with Gasteiger partial charge in [-0.15, -0.1) is 6.58 Å². The van der Waals surface area contributed by atoms with Crippen LogP contribution < -0.4 is 0 Å². The molecule has 2 heterocycles. The lowest BCUT2D eigenvalue weighted by Gasteiger charge is -2.25. The molecule has 22 heavy (non-hydrogen) atoms. The molecule has 2 rings (SSSR count). The molecule has 0 amide bonds. The largest absolute Gasteiger partial charge is 0.513 e. The molecule has 2 aliphatic heterocycles. The van der Waals surface area contributed by atoms with Crippen LogP contribution in [-0.4, -0.2) is 41.7 Å². The molecule has 0 spiro atoms. The molecule has 5 atom stereocenters. The highest BCUT2D eigenvalue weighted by Crippen LogP contribution is 2.46. The Hall–Kier alpha value is -1.10. The van der Waals surface area contributed by atoms with E-state index in [2.05, 4.69) is 12.7 Å². The van der Waals surface area contributed by atoms with Gasteiger partial charge in [0.2, 0.25) is 0 Å². The fourth-order valence-electron chi connectivity index (χ4n) is 3.45. The van der Waals surface area contributed by atoms with E-state index in [0.29, 0.717) is 31.8 Å². The van der Waals surface area contributed by atoms with Gasteiger partial charge in [-0.25, -0.2) is 0 Å². The fourth-order valence-corrected chi connectivity index (χ4v) is 3.45. The highest BCUT2D eigenvalue weighted by atomic mass is 16.5. The summed E-state index contributed by atoms with van der Waals surface area (Å²) in [4.78, 5) is 0. The minimum Gasteiger partial charge on any atom is -0.513 e. The summed E-state index contributed by atoms with van der Waals surface area (Å²) < 4.78 is 11.2. The summed E-state index contributed by atoms with van der Waals surface area (Å²) in [5.41, 5.74) is 0. The van der Waals surface area contributed by atoms with Gasteiger partial charge in [-0.1, -0.05) is 18.2 Å². The summed E-state index contributed by atoms with van der Waals surface area (Å²) in [7, 11) is 0. The Kier molecular flexibility index (Phi) is 6.68. The van der Waals surface area contributed by atoms with Crippen molar-refractivity contribution in [3.63, 3.8) is 0 Å². The molecule has 0 saturated carbocycles. The van der Waals surface area contributed by atoms with Crippen molar-refractivity contribution in [2.45, 2.75) is 50.9 Å². The SMILES string of the molecule is C=CCC(O)/C=C/[C@H]1[C@@H](C/C(O)=C\COCC)[C@H]2CC[C@@H]1O2. The van der Waals surface area contributed by atoms with Gasteiger partial charge in [0.25, 0.3) is 0 Å². The normalized spacial score (nSPS) is 32.7. The molecule has 0 aromatic heterocycles. The number of allylic oxidation sites excluding steroid dienone is 1. The zero-order chi connectivity index (χ0) is 15.9. The molecular weight excluding hydrogens is 280 g/mol. The first-order valence-corrected chi connectivity index (χ1v) is 8.24. The summed E-state index contributed by atoms with van der Waals surface area (Å²) in [5.74, 6) is 0.921. The van der Waals surface area contributed by atoms with Crippen LogP contribution in [0.5, 0.6) is 0 Å². The Labute approximate surface area is 133 Å². The van der Waals surface area contributed by atoms with E-state index in [9.17, 15) is 10.2 Å². The van der Waals surface area contributed by atoms with Crippen molar-refractivity contribution < 1.29 is 19.7 Å². The van der Waals surface area contributed by atoms with Crippen LogP contribution in [0.2, 0.25) is 0 Å². The molecule has 2 bridgehead atoms. The Morgan fingerprint density at radius 3 is 2.91 bits per heavy atom. The maximum Gasteiger partial charge on any atom is 0.0909 e. The molecule has 0 aliphatic carbocycles. The molecule has 4 nitrogen and oxygen atoms in total. The topological polar surface area (TPSA) is 58.9 Å². The summed E-state index contributed by atoms with van der Waals surface area (Å²) in [6.45, 7) is 6.67. The second-order valence-corrected chi connectivity index (χ2v) is 6.07. The van der Waals surface area contributed by atoms with Crippen LogP contribution >= 0.6 is 0 Å². The first-order valence-electron chi connectivity index (χ1n) is 8.24. The van der Waals surface area contributed by atoms with Crippen LogP contribution in [0.1, 0.15) is 32.6 Å². The maximum absolute atomic E-state index is 10.1. The predicted molar refractivity (Wildman–Crippen MR) is 86.7 cm³/mol. The van der Waals surface area contributed by atoms with Gasteiger partial charge in [-0.3, -0.25) is 0 Å². The summed E-state index contributed by atoms with van der Waals surface area (Å²) in [5, 5.41) is 19.9. The van der Waals surface area contributed by atoms with Gasteiger partial charge < -0.3 is 19.7 Å². The molecule has 0 aromatic carbocycles. The quantitative estimate of drug-likeness (QED) is 0.390. The van der Waals surface area contributed by atoms with Crippen molar-refractivity contribution in [3.05, 3.63) is 36.6 Å². The van der Waals surface area contributed by atoms with Crippen molar-refractivity contribution in [1.29, 1.82) is 0 Å². The number of rotatable bonds is 9. The standard InChI is InChI=1S/C18H28O4/c1-3-5-13(19)6-7-15-16(18-9-8-17(15)22-18)12-14(20)10-11-21-4-2/h3,6-7,10,13,15-20H,1,4-5,8-9,11-12H2,2H3/b7-6+,14-10+/t13?,15-,16+,17-,18+/m0/s1. The summed E-state index contributed by atoms with van der Waals surface area (Å²) in [6.07, 6.45) is 10.6. The lowest BCUT2D eigenvalue weighted by Crippen LogP contribution is -2.26. The minimum absolute atomic E-state index is 0.221. The van der Waals surface area contributed by atoms with Crippen LogP contribution in [0.25, 0.3) is 0 Å². The minimum atomic E-state index is -0.487. The van der Waals surface area contributed by atoms with Crippen molar-refractivity contribution >= 4 is 0 Å². The van der Waals surface area contributed by atoms with Gasteiger partial charge in [-0.05, 0) is 32.3 Å². The van der Waals surface area contributed by atoms with Gasteiger partial charge in [0.1, 0.15) is 0 Å². The summed E-state index contributed by atoms with van der Waals surface area (Å²) >= 11 is 0. The van der Waals surface area contributed by atoms with E-state index in [-0.39, 0.29) is 24.0 Å². The van der Waals surface area contributed by atoms with Gasteiger partial charge >= 0.3 is 0 Å². The highest BCUT2D eigenvalue weighted by Gasteiger charge is 2.47. The van der Waals surface area contributed by atoms with Crippen molar-refractivity contribution in [1.82, 2.24) is 0 Å². The smallest absolute Gasteiger partial charge is 0.0909 e. The van der Waals surface area contributed by atoms with Crippen molar-refractivity contribution in [3.8, 4) is 0 Å². The predicted octanol–water partition coefficient (Wildman–Crippen LogP) is 3.14. The first-order chi connectivity index (χ1) is 10.7. The summed E-state index contributed by atoms with van der Waals surface area (Å²) in [6, 6.07) is 0. The molecule has 2 N–H and O–H groups in total. The van der Waals surface area contributed by atoms with Crippen LogP contribution in [0, 0.1) is 11.8 Å². The number of hydrogen-bond donors (Lipinski definition) is 2. The average molecular weight is 308 g/mol. The highest BCUT2D eigenvalue weighted by molar-refractivity contribution is 5.10. The van der Waals surface area contributed by atoms with Gasteiger partial charge in [-0.2, -0.15) is 0 Å². The third-order valence-corrected chi connectivity index (χ3v) is 4.54. The van der Waals surface area contributed by atoms with E-state index in [4.69, 9.17) is 9.47 Å². The van der Waals surface area contributed by atoms with Crippen LogP contribution in [-0.2, 0) is 9.47 Å². The number of aliphatic hydroxyl groups excluding tert-OH is 2. The van der Waals surface area contributed by atoms with Crippen molar-refractivity contribution in [2.75, 3.05) is 13.2 Å². The molecule has 0 radical (unpaired) electrons. The second-order valence-electron chi connectivity index (χ2n) is 6.07. The molecule has 124 valence electrons. The lowest BCUT2D eigenvalue weighted by molar-refractivity contribution is 0.0882. The van der Waals surface area contributed by atoms with E-state index in [1.165, 1.54) is 0 Å². The van der Waals surface area contributed by atoms with Crippen LogP contribution in [0.3, 0.4) is 0 Å². The number of aliphatic hydroxyl groups is 2. The molecule has 2 saturated heterocycles. The Balaban J connectivity index is 1.95. The molecule has 1 unspecified atom stereocenters. The second kappa shape index (κ2) is 8.51. The van der Waals surface area contributed by atoms with Crippen molar-refractivity contribution in [2.24, 2.45) is 11.8 Å². The lowest BCUT2D eigenvalue weighted by atomic mass is 9.77. The zero-order valence-electron chi connectivity index (χ0n) is 13.4. The maximum atomic E-state index is 10.1. The van der Waals surface area contributed by atoms with Gasteiger partial charge in [0.05, 0.1) is 30.7 Å². The Morgan fingerprint density at radius 2 is 2.18 bits per heavy atom. The van der Waals surface area contributed by atoms with Gasteiger partial charge in [0, 0.05) is 24.9 Å². The molecule has 2 aliphatic rings. The molecular formula is C18H28O4. The van der Waals surface area contributed by atoms with E-state index in [1.807, 2.05) is 13.0 Å². The molecule has 4 heteroatoms. The third kappa shape index (κ3) is 4.45. The average Bonchev–Trinajstić information content (AvgIpc) is 3.07. The van der Waals surface area contributed by atoms with E-state index in [0.717, 1.165) is 12.8 Å². The van der Waals surface area contributed by atoms with Crippen LogP contribution in [0.15, 0.2) is 36.6 Å². The Morgan fingerprint density at radius 1 is 1.41 bits per heavy atom. The Bertz CT molecular complexity index is 415. The number of hydrogen-bond acceptors (Lipinski definition) is 4. The first kappa shape index (κ1) is 17.3. The molecule has 2 fully saturated rings. The monoisotopic (exact) mass is 308 g/mol. The zero-order valence-corrected chi connectivity index (χ0v) is 13.4. The fraction of sp³-hybridized carbons (Fsp3) is 0.667. The van der Waals surface area contributed by atoms with Gasteiger partial charge in [0.15, 0.2) is 0 Å². The number of ether oxygens (including phenoxy) is 2. The number of fused-ring (bicyclic) bond motifs is 2. The molecule has 0 aromatic rings. The van der Waals surface area contributed by atoms with Crippen LogP contribution in [0.4, 0.5) is 0 Å². The van der Waals surface area contributed by atoms with E-state index >= 15 is 0 Å². The van der Waals surface area contributed by atoms with E-state index < -0.39 is 6.10 Å².